The number of rotatable bonds is 5. The van der Waals surface area contributed by atoms with Crippen LogP contribution in [0.5, 0.6) is 11.5 Å². The van der Waals surface area contributed by atoms with Crippen molar-refractivity contribution in [3.63, 3.8) is 0 Å². The molecule has 1 saturated heterocycles. The summed E-state index contributed by atoms with van der Waals surface area (Å²) in [5, 5.41) is 3.53. The first-order valence-electron chi connectivity index (χ1n) is 6.93. The Hall–Kier alpha value is -1.26. The second kappa shape index (κ2) is 6.78. The van der Waals surface area contributed by atoms with Crippen molar-refractivity contribution < 1.29 is 9.47 Å². The molecule has 4 heteroatoms. The molecule has 2 unspecified atom stereocenters. The van der Waals surface area contributed by atoms with Gasteiger partial charge < -0.3 is 14.8 Å². The lowest BCUT2D eigenvalue weighted by Gasteiger charge is -2.36. The van der Waals surface area contributed by atoms with Crippen LogP contribution in [0.15, 0.2) is 24.3 Å². The Labute approximate surface area is 115 Å². The van der Waals surface area contributed by atoms with E-state index in [0.29, 0.717) is 18.7 Å². The van der Waals surface area contributed by atoms with Crippen LogP contribution in [-0.4, -0.2) is 50.3 Å². The summed E-state index contributed by atoms with van der Waals surface area (Å²) in [5.74, 6) is 1.62. The van der Waals surface area contributed by atoms with Gasteiger partial charge in [0, 0.05) is 31.7 Å². The molecule has 1 aromatic carbocycles. The van der Waals surface area contributed by atoms with E-state index in [1.54, 1.807) is 7.11 Å². The van der Waals surface area contributed by atoms with E-state index in [9.17, 15) is 0 Å². The number of nitrogens with zero attached hydrogens (tertiary/aromatic N) is 1. The highest BCUT2D eigenvalue weighted by Crippen LogP contribution is 2.25. The van der Waals surface area contributed by atoms with Crippen molar-refractivity contribution in [1.29, 1.82) is 0 Å². The van der Waals surface area contributed by atoms with E-state index >= 15 is 0 Å². The molecule has 0 spiro atoms. The molecule has 0 aliphatic carbocycles. The van der Waals surface area contributed by atoms with Crippen molar-refractivity contribution in [3.05, 3.63) is 24.3 Å². The Bertz CT molecular complexity index is 387. The van der Waals surface area contributed by atoms with Crippen molar-refractivity contribution in [2.24, 2.45) is 0 Å². The van der Waals surface area contributed by atoms with E-state index in [1.165, 1.54) is 0 Å². The normalized spacial score (nSPS) is 24.2. The van der Waals surface area contributed by atoms with Crippen molar-refractivity contribution >= 4 is 0 Å². The molecule has 19 heavy (non-hydrogen) atoms. The summed E-state index contributed by atoms with van der Waals surface area (Å²) in [6, 6.07) is 8.88. The summed E-state index contributed by atoms with van der Waals surface area (Å²) >= 11 is 0. The van der Waals surface area contributed by atoms with Crippen LogP contribution in [0.1, 0.15) is 13.8 Å². The Morgan fingerprint density at radius 3 is 2.42 bits per heavy atom. The zero-order valence-electron chi connectivity index (χ0n) is 12.1. The van der Waals surface area contributed by atoms with Gasteiger partial charge in [-0.3, -0.25) is 4.90 Å². The molecule has 2 rings (SSSR count). The maximum atomic E-state index is 5.81. The molecule has 0 aromatic heterocycles. The second-order valence-corrected chi connectivity index (χ2v) is 5.23. The number of piperazine rings is 1. The first-order chi connectivity index (χ1) is 9.19. The van der Waals surface area contributed by atoms with Crippen molar-refractivity contribution in [1.82, 2.24) is 10.2 Å². The molecular weight excluding hydrogens is 240 g/mol. The van der Waals surface area contributed by atoms with Crippen LogP contribution in [0.2, 0.25) is 0 Å². The van der Waals surface area contributed by atoms with Gasteiger partial charge in [0.25, 0.3) is 0 Å². The zero-order valence-corrected chi connectivity index (χ0v) is 12.1. The molecule has 0 radical (unpaired) electrons. The summed E-state index contributed by atoms with van der Waals surface area (Å²) in [5.41, 5.74) is 0. The fraction of sp³-hybridized carbons (Fsp3) is 0.600. The van der Waals surface area contributed by atoms with Crippen LogP contribution in [0.4, 0.5) is 0 Å². The summed E-state index contributed by atoms with van der Waals surface area (Å²) in [6.45, 7) is 8.26. The maximum Gasteiger partial charge on any atom is 0.161 e. The Balaban J connectivity index is 1.80. The third kappa shape index (κ3) is 4.11. The lowest BCUT2D eigenvalue weighted by molar-refractivity contribution is 0.145. The Morgan fingerprint density at radius 2 is 1.79 bits per heavy atom. The van der Waals surface area contributed by atoms with Crippen LogP contribution in [0.25, 0.3) is 0 Å². The molecule has 0 saturated carbocycles. The largest absolute Gasteiger partial charge is 0.493 e. The van der Waals surface area contributed by atoms with Crippen molar-refractivity contribution in [3.8, 4) is 11.5 Å². The molecule has 1 aromatic rings. The molecular formula is C15H24N2O2. The first-order valence-corrected chi connectivity index (χ1v) is 6.93. The minimum absolute atomic E-state index is 0.551. The van der Waals surface area contributed by atoms with Gasteiger partial charge >= 0.3 is 0 Å². The predicted octanol–water partition coefficient (Wildman–Crippen LogP) is 1.76. The smallest absolute Gasteiger partial charge is 0.161 e. The third-order valence-corrected chi connectivity index (χ3v) is 3.37. The van der Waals surface area contributed by atoms with Gasteiger partial charge in [0.2, 0.25) is 0 Å². The van der Waals surface area contributed by atoms with E-state index in [4.69, 9.17) is 9.47 Å². The topological polar surface area (TPSA) is 33.7 Å². The predicted molar refractivity (Wildman–Crippen MR) is 77.0 cm³/mol. The van der Waals surface area contributed by atoms with Crippen molar-refractivity contribution in [2.75, 3.05) is 33.4 Å². The molecule has 1 aliphatic rings. The van der Waals surface area contributed by atoms with Crippen molar-refractivity contribution in [2.45, 2.75) is 25.9 Å². The molecule has 0 bridgehead atoms. The lowest BCUT2D eigenvalue weighted by Crippen LogP contribution is -2.54. The molecule has 4 nitrogen and oxygen atoms in total. The average molecular weight is 264 g/mol. The van der Waals surface area contributed by atoms with Crippen LogP contribution >= 0.6 is 0 Å². The van der Waals surface area contributed by atoms with Gasteiger partial charge in [-0.2, -0.15) is 0 Å². The maximum absolute atomic E-state index is 5.81. The molecule has 0 amide bonds. The van der Waals surface area contributed by atoms with Gasteiger partial charge in [0.05, 0.1) is 7.11 Å². The zero-order chi connectivity index (χ0) is 13.7. The van der Waals surface area contributed by atoms with E-state index in [-0.39, 0.29) is 0 Å². The van der Waals surface area contributed by atoms with Crippen LogP contribution in [0.3, 0.4) is 0 Å². The molecule has 1 fully saturated rings. The lowest BCUT2D eigenvalue weighted by atomic mass is 10.1. The second-order valence-electron chi connectivity index (χ2n) is 5.23. The van der Waals surface area contributed by atoms with Gasteiger partial charge in [-0.05, 0) is 26.0 Å². The van der Waals surface area contributed by atoms with Gasteiger partial charge in [0.1, 0.15) is 6.61 Å². The van der Waals surface area contributed by atoms with E-state index < -0.39 is 0 Å². The minimum Gasteiger partial charge on any atom is -0.493 e. The highest BCUT2D eigenvalue weighted by Gasteiger charge is 2.20. The van der Waals surface area contributed by atoms with E-state index in [1.807, 2.05) is 24.3 Å². The summed E-state index contributed by atoms with van der Waals surface area (Å²) in [7, 11) is 1.67. The fourth-order valence-corrected chi connectivity index (χ4v) is 2.65. The highest BCUT2D eigenvalue weighted by atomic mass is 16.5. The third-order valence-electron chi connectivity index (χ3n) is 3.37. The Kier molecular flexibility index (Phi) is 5.05. The minimum atomic E-state index is 0.551. The number of para-hydroxylation sites is 2. The van der Waals surface area contributed by atoms with Crippen LogP contribution in [0, 0.1) is 0 Å². The van der Waals surface area contributed by atoms with Gasteiger partial charge in [-0.1, -0.05) is 12.1 Å². The van der Waals surface area contributed by atoms with Gasteiger partial charge in [0.15, 0.2) is 11.5 Å². The standard InChI is InChI=1S/C15H24N2O2/c1-12-10-17(11-13(2)16-12)8-9-19-15-7-5-4-6-14(15)18-3/h4-7,12-13,16H,8-11H2,1-3H3. The number of methoxy groups -OCH3 is 1. The average Bonchev–Trinajstić information content (AvgIpc) is 2.38. The first kappa shape index (κ1) is 14.2. The quantitative estimate of drug-likeness (QED) is 0.878. The molecule has 2 atom stereocenters. The number of hydrogen-bond acceptors (Lipinski definition) is 4. The highest BCUT2D eigenvalue weighted by molar-refractivity contribution is 5.39. The fourth-order valence-electron chi connectivity index (χ4n) is 2.65. The van der Waals surface area contributed by atoms with E-state index in [0.717, 1.165) is 31.1 Å². The molecule has 106 valence electrons. The van der Waals surface area contributed by atoms with Gasteiger partial charge in [-0.15, -0.1) is 0 Å². The number of nitrogens with one attached hydrogen (secondary N) is 1. The monoisotopic (exact) mass is 264 g/mol. The molecule has 1 heterocycles. The molecule has 1 N–H and O–H groups in total. The van der Waals surface area contributed by atoms with Crippen LogP contribution < -0.4 is 14.8 Å². The Morgan fingerprint density at radius 1 is 1.16 bits per heavy atom. The number of benzene rings is 1. The number of hydrogen-bond donors (Lipinski definition) is 1. The summed E-state index contributed by atoms with van der Waals surface area (Å²) in [6.07, 6.45) is 0. The van der Waals surface area contributed by atoms with Gasteiger partial charge in [-0.25, -0.2) is 0 Å². The summed E-state index contributed by atoms with van der Waals surface area (Å²) < 4.78 is 11.1. The number of ether oxygens (including phenoxy) is 2. The SMILES string of the molecule is COc1ccccc1OCCN1CC(C)NC(C)C1. The summed E-state index contributed by atoms with van der Waals surface area (Å²) in [4.78, 5) is 2.45. The molecule has 1 aliphatic heterocycles. The van der Waals surface area contributed by atoms with Crippen LogP contribution in [-0.2, 0) is 0 Å². The van der Waals surface area contributed by atoms with E-state index in [2.05, 4.69) is 24.1 Å².